The van der Waals surface area contributed by atoms with Crippen molar-refractivity contribution in [3.8, 4) is 5.75 Å². The topological polar surface area (TPSA) is 75.3 Å². The number of rotatable bonds is 3. The number of para-hydroxylation sites is 1. The molecular formula is C15H15BrN2O2. The molecule has 1 unspecified atom stereocenters. The van der Waals surface area contributed by atoms with Gasteiger partial charge in [0.1, 0.15) is 5.75 Å². The number of amides is 1. The van der Waals surface area contributed by atoms with Crippen molar-refractivity contribution >= 4 is 27.5 Å². The number of halogens is 1. The molecule has 2 aromatic rings. The number of benzene rings is 2. The van der Waals surface area contributed by atoms with E-state index in [4.69, 9.17) is 5.73 Å². The molecule has 0 fully saturated rings. The first kappa shape index (κ1) is 14.4. The fraction of sp³-hybridized carbons (Fsp3) is 0.133. The van der Waals surface area contributed by atoms with Gasteiger partial charge in [-0.2, -0.15) is 0 Å². The van der Waals surface area contributed by atoms with Gasteiger partial charge in [-0.15, -0.1) is 0 Å². The molecule has 1 atom stereocenters. The highest BCUT2D eigenvalue weighted by Crippen LogP contribution is 2.25. The van der Waals surface area contributed by atoms with Gasteiger partial charge in [-0.1, -0.05) is 18.2 Å². The van der Waals surface area contributed by atoms with Crippen molar-refractivity contribution in [3.05, 3.63) is 58.1 Å². The predicted octanol–water partition coefficient (Wildman–Crippen LogP) is 3.23. The molecular weight excluding hydrogens is 320 g/mol. The molecule has 0 bridgehead atoms. The Bertz CT molecular complexity index is 644. The van der Waals surface area contributed by atoms with E-state index < -0.39 is 0 Å². The normalized spacial score (nSPS) is 11.9. The summed E-state index contributed by atoms with van der Waals surface area (Å²) in [7, 11) is 0. The molecule has 5 heteroatoms. The second-order valence-electron chi connectivity index (χ2n) is 4.49. The summed E-state index contributed by atoms with van der Waals surface area (Å²) in [6.45, 7) is 1.86. The van der Waals surface area contributed by atoms with E-state index in [1.165, 1.54) is 6.07 Å². The molecule has 2 aromatic carbocycles. The Morgan fingerprint density at radius 3 is 2.65 bits per heavy atom. The van der Waals surface area contributed by atoms with Crippen LogP contribution < -0.4 is 11.1 Å². The summed E-state index contributed by atoms with van der Waals surface area (Å²) in [5.41, 5.74) is 7.78. The standard InChI is InChI=1S/C15H15BrN2O2/c1-9(11-4-2-3-5-13(11)17)18-15(20)10-6-7-12(16)14(19)8-10/h2-9,19H,17H2,1H3,(H,18,20). The van der Waals surface area contributed by atoms with Crippen LogP contribution in [0.1, 0.15) is 28.9 Å². The third kappa shape index (κ3) is 3.11. The number of aromatic hydroxyl groups is 1. The van der Waals surface area contributed by atoms with Crippen molar-refractivity contribution in [2.45, 2.75) is 13.0 Å². The van der Waals surface area contributed by atoms with Crippen LogP contribution in [0.2, 0.25) is 0 Å². The van der Waals surface area contributed by atoms with Gasteiger partial charge in [0.15, 0.2) is 0 Å². The Hall–Kier alpha value is -2.01. The first-order chi connectivity index (χ1) is 9.49. The van der Waals surface area contributed by atoms with Crippen LogP contribution in [0.3, 0.4) is 0 Å². The predicted molar refractivity (Wildman–Crippen MR) is 82.5 cm³/mol. The Morgan fingerprint density at radius 1 is 1.30 bits per heavy atom. The highest BCUT2D eigenvalue weighted by molar-refractivity contribution is 9.10. The highest BCUT2D eigenvalue weighted by atomic mass is 79.9. The number of carbonyl (C=O) groups is 1. The van der Waals surface area contributed by atoms with Crippen molar-refractivity contribution in [1.82, 2.24) is 5.32 Å². The van der Waals surface area contributed by atoms with Gasteiger partial charge in [-0.25, -0.2) is 0 Å². The number of anilines is 1. The molecule has 20 heavy (non-hydrogen) atoms. The van der Waals surface area contributed by atoms with E-state index in [1.54, 1.807) is 18.2 Å². The highest BCUT2D eigenvalue weighted by Gasteiger charge is 2.14. The van der Waals surface area contributed by atoms with Crippen molar-refractivity contribution < 1.29 is 9.90 Å². The summed E-state index contributed by atoms with van der Waals surface area (Å²) in [5, 5.41) is 12.5. The van der Waals surface area contributed by atoms with Gasteiger partial charge in [-0.3, -0.25) is 4.79 Å². The molecule has 1 amide bonds. The number of nitrogens with two attached hydrogens (primary N) is 1. The van der Waals surface area contributed by atoms with Crippen molar-refractivity contribution in [3.63, 3.8) is 0 Å². The zero-order chi connectivity index (χ0) is 14.7. The van der Waals surface area contributed by atoms with Gasteiger partial charge in [0.2, 0.25) is 0 Å². The molecule has 2 rings (SSSR count). The quantitative estimate of drug-likeness (QED) is 0.754. The molecule has 0 radical (unpaired) electrons. The van der Waals surface area contributed by atoms with E-state index in [0.29, 0.717) is 15.7 Å². The number of carbonyl (C=O) groups excluding carboxylic acids is 1. The fourth-order valence-electron chi connectivity index (χ4n) is 1.92. The molecule has 0 heterocycles. The van der Waals surface area contributed by atoms with E-state index >= 15 is 0 Å². The van der Waals surface area contributed by atoms with Crippen LogP contribution in [0.15, 0.2) is 46.9 Å². The van der Waals surface area contributed by atoms with Gasteiger partial charge in [0.25, 0.3) is 5.91 Å². The number of nitrogen functional groups attached to an aromatic ring is 1. The average molecular weight is 335 g/mol. The van der Waals surface area contributed by atoms with Crippen molar-refractivity contribution in [2.24, 2.45) is 0 Å². The molecule has 0 aliphatic carbocycles. The minimum absolute atomic E-state index is 0.0320. The SMILES string of the molecule is CC(NC(=O)c1ccc(Br)c(O)c1)c1ccccc1N. The third-order valence-corrected chi connectivity index (χ3v) is 3.69. The first-order valence-electron chi connectivity index (χ1n) is 6.13. The van der Waals surface area contributed by atoms with Gasteiger partial charge in [0.05, 0.1) is 10.5 Å². The Labute approximate surface area is 125 Å². The Morgan fingerprint density at radius 2 is 2.00 bits per heavy atom. The van der Waals surface area contributed by atoms with Crippen LogP contribution in [0, 0.1) is 0 Å². The second-order valence-corrected chi connectivity index (χ2v) is 5.34. The summed E-state index contributed by atoms with van der Waals surface area (Å²) >= 11 is 3.18. The smallest absolute Gasteiger partial charge is 0.251 e. The van der Waals surface area contributed by atoms with Crippen molar-refractivity contribution in [2.75, 3.05) is 5.73 Å². The number of hydrogen-bond donors (Lipinski definition) is 3. The van der Waals surface area contributed by atoms with Crippen LogP contribution in [-0.2, 0) is 0 Å². The van der Waals surface area contributed by atoms with E-state index in [2.05, 4.69) is 21.2 Å². The van der Waals surface area contributed by atoms with Crippen LogP contribution in [0.5, 0.6) is 5.75 Å². The Kier molecular flexibility index (Phi) is 4.29. The van der Waals surface area contributed by atoms with E-state index in [9.17, 15) is 9.90 Å². The number of hydrogen-bond acceptors (Lipinski definition) is 3. The summed E-state index contributed by atoms with van der Waals surface area (Å²) in [6.07, 6.45) is 0. The summed E-state index contributed by atoms with van der Waals surface area (Å²) in [6, 6.07) is 11.9. The van der Waals surface area contributed by atoms with Crippen molar-refractivity contribution in [1.29, 1.82) is 0 Å². The lowest BCUT2D eigenvalue weighted by Crippen LogP contribution is -2.27. The molecule has 104 valence electrons. The summed E-state index contributed by atoms with van der Waals surface area (Å²) in [5.74, 6) is -0.229. The minimum Gasteiger partial charge on any atom is -0.507 e. The summed E-state index contributed by atoms with van der Waals surface area (Å²) in [4.78, 5) is 12.1. The summed E-state index contributed by atoms with van der Waals surface area (Å²) < 4.78 is 0.550. The lowest BCUT2D eigenvalue weighted by atomic mass is 10.1. The molecule has 0 aliphatic rings. The third-order valence-electron chi connectivity index (χ3n) is 3.02. The number of phenols is 1. The van der Waals surface area contributed by atoms with Crippen LogP contribution in [0.4, 0.5) is 5.69 Å². The van der Waals surface area contributed by atoms with Gasteiger partial charge in [-0.05, 0) is 52.7 Å². The lowest BCUT2D eigenvalue weighted by Gasteiger charge is -2.16. The average Bonchev–Trinajstić information content (AvgIpc) is 2.42. The molecule has 4 N–H and O–H groups in total. The largest absolute Gasteiger partial charge is 0.507 e. The molecule has 0 saturated heterocycles. The van der Waals surface area contributed by atoms with E-state index in [-0.39, 0.29) is 17.7 Å². The lowest BCUT2D eigenvalue weighted by molar-refractivity contribution is 0.0939. The maximum absolute atomic E-state index is 12.1. The fourth-order valence-corrected chi connectivity index (χ4v) is 2.16. The van der Waals surface area contributed by atoms with Crippen LogP contribution >= 0.6 is 15.9 Å². The molecule has 4 nitrogen and oxygen atoms in total. The first-order valence-corrected chi connectivity index (χ1v) is 6.92. The van der Waals surface area contributed by atoms with Gasteiger partial charge >= 0.3 is 0 Å². The maximum atomic E-state index is 12.1. The molecule has 0 aliphatic heterocycles. The monoisotopic (exact) mass is 334 g/mol. The maximum Gasteiger partial charge on any atom is 0.251 e. The van der Waals surface area contributed by atoms with E-state index in [0.717, 1.165) is 5.56 Å². The number of nitrogens with one attached hydrogen (secondary N) is 1. The van der Waals surface area contributed by atoms with Crippen LogP contribution in [-0.4, -0.2) is 11.0 Å². The van der Waals surface area contributed by atoms with Gasteiger partial charge in [0, 0.05) is 11.3 Å². The zero-order valence-corrected chi connectivity index (χ0v) is 12.5. The van der Waals surface area contributed by atoms with Crippen LogP contribution in [0.25, 0.3) is 0 Å². The minimum atomic E-state index is -0.261. The van der Waals surface area contributed by atoms with Gasteiger partial charge < -0.3 is 16.2 Å². The Balaban J connectivity index is 2.15. The molecule has 0 aromatic heterocycles. The molecule has 0 spiro atoms. The van der Waals surface area contributed by atoms with E-state index in [1.807, 2.05) is 25.1 Å². The second kappa shape index (κ2) is 5.96. The number of phenolic OH excluding ortho intramolecular Hbond substituents is 1. The zero-order valence-electron chi connectivity index (χ0n) is 10.9. The molecule has 0 saturated carbocycles.